The van der Waals surface area contributed by atoms with E-state index in [4.69, 9.17) is 4.74 Å². The first-order valence-electron chi connectivity index (χ1n) is 4.91. The summed E-state index contributed by atoms with van der Waals surface area (Å²) in [5, 5.41) is 1.90. The highest BCUT2D eigenvalue weighted by molar-refractivity contribution is 7.07. The third-order valence-corrected chi connectivity index (χ3v) is 2.92. The van der Waals surface area contributed by atoms with Gasteiger partial charge < -0.3 is 9.47 Å². The minimum Gasteiger partial charge on any atom is -0.496 e. The minimum absolute atomic E-state index is 0.371. The maximum atomic E-state index is 11.5. The Morgan fingerprint density at radius 1 is 1.35 bits per heavy atom. The van der Waals surface area contributed by atoms with Crippen molar-refractivity contribution in [2.24, 2.45) is 0 Å². The predicted octanol–water partition coefficient (Wildman–Crippen LogP) is 2.61. The number of nitrogens with zero attached hydrogens (tertiary/aromatic N) is 1. The zero-order valence-corrected chi connectivity index (χ0v) is 10.3. The Morgan fingerprint density at radius 2 is 2.18 bits per heavy atom. The number of benzene rings is 1. The van der Waals surface area contributed by atoms with Crippen LogP contribution in [0.1, 0.15) is 10.4 Å². The average molecular weight is 249 g/mol. The van der Waals surface area contributed by atoms with Gasteiger partial charge in [0.1, 0.15) is 5.75 Å². The van der Waals surface area contributed by atoms with Crippen molar-refractivity contribution in [1.29, 1.82) is 0 Å². The van der Waals surface area contributed by atoms with Gasteiger partial charge in [0.15, 0.2) is 0 Å². The molecule has 17 heavy (non-hydrogen) atoms. The average Bonchev–Trinajstić information content (AvgIpc) is 2.90. The zero-order valence-electron chi connectivity index (χ0n) is 9.47. The van der Waals surface area contributed by atoms with Gasteiger partial charge in [0.25, 0.3) is 0 Å². The topological polar surface area (TPSA) is 48.4 Å². The highest BCUT2D eigenvalue weighted by atomic mass is 32.1. The molecule has 2 aromatic rings. The molecule has 1 aromatic heterocycles. The zero-order chi connectivity index (χ0) is 12.3. The summed E-state index contributed by atoms with van der Waals surface area (Å²) in [6, 6.07) is 5.13. The lowest BCUT2D eigenvalue weighted by atomic mass is 10.1. The quantitative estimate of drug-likeness (QED) is 0.784. The van der Waals surface area contributed by atoms with Gasteiger partial charge in [0.2, 0.25) is 0 Å². The van der Waals surface area contributed by atoms with Crippen LogP contribution in [0, 0.1) is 0 Å². The van der Waals surface area contributed by atoms with Crippen molar-refractivity contribution in [2.75, 3.05) is 14.2 Å². The molecule has 0 N–H and O–H groups in total. The van der Waals surface area contributed by atoms with Crippen molar-refractivity contribution in [1.82, 2.24) is 4.98 Å². The molecule has 1 heterocycles. The van der Waals surface area contributed by atoms with Gasteiger partial charge in [-0.25, -0.2) is 9.78 Å². The first-order chi connectivity index (χ1) is 8.26. The fraction of sp³-hybridized carbons (Fsp3) is 0.167. The Kier molecular flexibility index (Phi) is 3.39. The highest BCUT2D eigenvalue weighted by Crippen LogP contribution is 2.30. The van der Waals surface area contributed by atoms with Crippen molar-refractivity contribution in [3.05, 3.63) is 34.7 Å². The molecule has 1 aromatic carbocycles. The molecule has 0 atom stereocenters. The SMILES string of the molecule is COC(=O)c1ccc(OC)c(-c2cscn2)c1. The van der Waals surface area contributed by atoms with E-state index in [-0.39, 0.29) is 5.97 Å². The monoisotopic (exact) mass is 249 g/mol. The lowest BCUT2D eigenvalue weighted by molar-refractivity contribution is 0.0601. The van der Waals surface area contributed by atoms with Gasteiger partial charge in [0.05, 0.1) is 31.0 Å². The summed E-state index contributed by atoms with van der Waals surface area (Å²) in [5.74, 6) is 0.313. The van der Waals surface area contributed by atoms with Crippen molar-refractivity contribution >= 4 is 17.3 Å². The Hall–Kier alpha value is -1.88. The molecular weight excluding hydrogens is 238 g/mol. The molecule has 0 unspecified atom stereocenters. The maximum absolute atomic E-state index is 11.5. The molecular formula is C12H11NO3S. The first-order valence-corrected chi connectivity index (χ1v) is 5.85. The van der Waals surface area contributed by atoms with Gasteiger partial charge in [-0.05, 0) is 18.2 Å². The summed E-state index contributed by atoms with van der Waals surface area (Å²) in [5.41, 5.74) is 3.80. The summed E-state index contributed by atoms with van der Waals surface area (Å²) in [6.07, 6.45) is 0. The van der Waals surface area contributed by atoms with E-state index in [1.807, 2.05) is 5.38 Å². The lowest BCUT2D eigenvalue weighted by Crippen LogP contribution is -2.01. The van der Waals surface area contributed by atoms with Crippen LogP contribution in [0.3, 0.4) is 0 Å². The summed E-state index contributed by atoms with van der Waals surface area (Å²) in [7, 11) is 2.94. The third-order valence-electron chi connectivity index (χ3n) is 2.33. The van der Waals surface area contributed by atoms with Gasteiger partial charge in [-0.15, -0.1) is 11.3 Å². The largest absolute Gasteiger partial charge is 0.496 e. The molecule has 5 heteroatoms. The van der Waals surface area contributed by atoms with Crippen molar-refractivity contribution in [3.8, 4) is 17.0 Å². The molecule has 2 rings (SSSR count). The molecule has 0 amide bonds. The van der Waals surface area contributed by atoms with Gasteiger partial charge in [-0.3, -0.25) is 0 Å². The van der Waals surface area contributed by atoms with Gasteiger partial charge >= 0.3 is 5.97 Å². The van der Waals surface area contributed by atoms with Crippen LogP contribution in [0.15, 0.2) is 29.1 Å². The number of hydrogen-bond acceptors (Lipinski definition) is 5. The molecule has 0 aliphatic rings. The smallest absolute Gasteiger partial charge is 0.337 e. The number of ether oxygens (including phenoxy) is 2. The Bertz CT molecular complexity index is 523. The van der Waals surface area contributed by atoms with E-state index in [2.05, 4.69) is 9.72 Å². The van der Waals surface area contributed by atoms with E-state index in [9.17, 15) is 4.79 Å². The van der Waals surface area contributed by atoms with Crippen molar-refractivity contribution in [2.45, 2.75) is 0 Å². The Morgan fingerprint density at radius 3 is 2.76 bits per heavy atom. The molecule has 4 nitrogen and oxygen atoms in total. The molecule has 0 aliphatic heterocycles. The number of methoxy groups -OCH3 is 2. The fourth-order valence-electron chi connectivity index (χ4n) is 1.50. The molecule has 0 saturated heterocycles. The van der Waals surface area contributed by atoms with Crippen molar-refractivity contribution in [3.63, 3.8) is 0 Å². The standard InChI is InChI=1S/C12H11NO3S/c1-15-11-4-3-8(12(14)16-2)5-9(11)10-6-17-7-13-10/h3-7H,1-2H3. The number of aromatic nitrogens is 1. The number of carbonyl (C=O) groups excluding carboxylic acids is 1. The van der Waals surface area contributed by atoms with Crippen LogP contribution in [0.5, 0.6) is 5.75 Å². The summed E-state index contributed by atoms with van der Waals surface area (Å²) in [4.78, 5) is 15.7. The molecule has 0 fully saturated rings. The molecule has 0 spiro atoms. The Labute approximate surface area is 103 Å². The van der Waals surface area contributed by atoms with Crippen LogP contribution < -0.4 is 4.74 Å². The van der Waals surface area contributed by atoms with Crippen LogP contribution >= 0.6 is 11.3 Å². The molecule has 0 saturated carbocycles. The second-order valence-corrected chi connectivity index (χ2v) is 4.00. The second kappa shape index (κ2) is 4.97. The van der Waals surface area contributed by atoms with Crippen molar-refractivity contribution < 1.29 is 14.3 Å². The predicted molar refractivity (Wildman–Crippen MR) is 65.4 cm³/mol. The normalized spacial score (nSPS) is 10.0. The van der Waals surface area contributed by atoms with E-state index >= 15 is 0 Å². The lowest BCUT2D eigenvalue weighted by Gasteiger charge is -2.08. The third kappa shape index (κ3) is 2.29. The summed E-state index contributed by atoms with van der Waals surface area (Å²) in [6.45, 7) is 0. The first kappa shape index (κ1) is 11.6. The van der Waals surface area contributed by atoms with Crippen LogP contribution in [-0.2, 0) is 4.74 Å². The molecule has 0 radical (unpaired) electrons. The van der Waals surface area contributed by atoms with Gasteiger partial charge in [-0.2, -0.15) is 0 Å². The van der Waals surface area contributed by atoms with Crippen LogP contribution in [0.4, 0.5) is 0 Å². The minimum atomic E-state index is -0.371. The van der Waals surface area contributed by atoms with Crippen LogP contribution in [0.25, 0.3) is 11.3 Å². The van der Waals surface area contributed by atoms with Gasteiger partial charge in [0, 0.05) is 10.9 Å². The molecule has 0 bridgehead atoms. The van der Waals surface area contributed by atoms with E-state index in [0.29, 0.717) is 11.3 Å². The summed E-state index contributed by atoms with van der Waals surface area (Å²) >= 11 is 1.49. The number of thiazole rings is 1. The maximum Gasteiger partial charge on any atom is 0.337 e. The van der Waals surface area contributed by atoms with E-state index in [1.165, 1.54) is 18.4 Å². The van der Waals surface area contributed by atoms with E-state index < -0.39 is 0 Å². The second-order valence-electron chi connectivity index (χ2n) is 3.28. The fourth-order valence-corrected chi connectivity index (χ4v) is 2.05. The van der Waals surface area contributed by atoms with Gasteiger partial charge in [-0.1, -0.05) is 0 Å². The number of esters is 1. The number of carbonyl (C=O) groups is 1. The molecule has 88 valence electrons. The Balaban J connectivity index is 2.51. The number of hydrogen-bond donors (Lipinski definition) is 0. The highest BCUT2D eigenvalue weighted by Gasteiger charge is 2.12. The van der Waals surface area contributed by atoms with E-state index in [1.54, 1.807) is 30.8 Å². The van der Waals surface area contributed by atoms with E-state index in [0.717, 1.165) is 11.3 Å². The molecule has 0 aliphatic carbocycles. The summed E-state index contributed by atoms with van der Waals surface area (Å²) < 4.78 is 9.93. The van der Waals surface area contributed by atoms with Crippen LogP contribution in [0.2, 0.25) is 0 Å². The number of rotatable bonds is 3. The van der Waals surface area contributed by atoms with Crippen LogP contribution in [-0.4, -0.2) is 25.2 Å².